The molecular weight excluding hydrogens is 368 g/mol. The smallest absolute Gasteiger partial charge is 0.258 e. The average molecular weight is 392 g/mol. The van der Waals surface area contributed by atoms with Crippen LogP contribution in [0.1, 0.15) is 18.5 Å². The van der Waals surface area contributed by atoms with Crippen LogP contribution in [0.4, 0.5) is 0 Å². The molecule has 0 spiro atoms. The number of nitrogens with zero attached hydrogens (tertiary/aromatic N) is 1. The van der Waals surface area contributed by atoms with Gasteiger partial charge in [-0.2, -0.15) is 0 Å². The molecule has 2 aromatic carbocycles. The number of benzene rings is 2. The fourth-order valence-corrected chi connectivity index (χ4v) is 3.35. The molecule has 0 aromatic heterocycles. The molecule has 0 aliphatic rings. The van der Waals surface area contributed by atoms with E-state index in [1.54, 1.807) is 7.11 Å². The van der Waals surface area contributed by atoms with Crippen LogP contribution in [0, 0.1) is 0 Å². The molecule has 27 heavy (non-hydrogen) atoms. The third-order valence-electron chi connectivity index (χ3n) is 3.96. The fraction of sp³-hybridized carbons (Fsp3) is 0.316. The van der Waals surface area contributed by atoms with E-state index in [1.165, 1.54) is 38.4 Å². The molecule has 0 bridgehead atoms. The fourth-order valence-electron chi connectivity index (χ4n) is 2.45. The van der Waals surface area contributed by atoms with E-state index >= 15 is 0 Å². The summed E-state index contributed by atoms with van der Waals surface area (Å²) in [5.41, 5.74) is 0.867. The number of para-hydroxylation sites is 1. The summed E-state index contributed by atoms with van der Waals surface area (Å²) in [6, 6.07) is 13.1. The lowest BCUT2D eigenvalue weighted by Gasteiger charge is -2.17. The van der Waals surface area contributed by atoms with Crippen LogP contribution in [-0.4, -0.2) is 46.4 Å². The quantitative estimate of drug-likeness (QED) is 0.744. The normalized spacial score (nSPS) is 12.5. The van der Waals surface area contributed by atoms with Gasteiger partial charge in [0.25, 0.3) is 5.91 Å². The van der Waals surface area contributed by atoms with Crippen LogP contribution in [0.15, 0.2) is 53.4 Å². The molecule has 0 unspecified atom stereocenters. The lowest BCUT2D eigenvalue weighted by Crippen LogP contribution is -2.31. The van der Waals surface area contributed by atoms with Gasteiger partial charge in [0.2, 0.25) is 10.0 Å². The number of carbonyl (C=O) groups is 1. The van der Waals surface area contributed by atoms with E-state index in [4.69, 9.17) is 9.47 Å². The first-order valence-electron chi connectivity index (χ1n) is 8.33. The third-order valence-corrected chi connectivity index (χ3v) is 5.78. The Morgan fingerprint density at radius 2 is 1.74 bits per heavy atom. The van der Waals surface area contributed by atoms with Gasteiger partial charge in [-0.3, -0.25) is 4.79 Å². The largest absolute Gasteiger partial charge is 0.496 e. The number of hydrogen-bond donors (Lipinski definition) is 1. The number of methoxy groups -OCH3 is 1. The molecule has 0 fully saturated rings. The van der Waals surface area contributed by atoms with Crippen molar-refractivity contribution in [2.45, 2.75) is 17.9 Å². The summed E-state index contributed by atoms with van der Waals surface area (Å²) in [4.78, 5) is 12.3. The maximum atomic E-state index is 12.1. The molecule has 0 aliphatic heterocycles. The number of sulfonamides is 1. The Bertz CT molecular complexity index is 879. The minimum atomic E-state index is -3.49. The molecule has 1 atom stereocenters. The Kier molecular flexibility index (Phi) is 6.81. The number of rotatable bonds is 8. The second-order valence-corrected chi connectivity index (χ2v) is 8.23. The van der Waals surface area contributed by atoms with E-state index in [9.17, 15) is 13.2 Å². The van der Waals surface area contributed by atoms with Gasteiger partial charge >= 0.3 is 0 Å². The van der Waals surface area contributed by atoms with Gasteiger partial charge in [0.15, 0.2) is 6.61 Å². The van der Waals surface area contributed by atoms with Crippen molar-refractivity contribution in [1.82, 2.24) is 9.62 Å². The zero-order chi connectivity index (χ0) is 20.0. The van der Waals surface area contributed by atoms with Crippen LogP contribution in [0.3, 0.4) is 0 Å². The van der Waals surface area contributed by atoms with Crippen molar-refractivity contribution in [2.24, 2.45) is 0 Å². The second-order valence-electron chi connectivity index (χ2n) is 6.08. The lowest BCUT2D eigenvalue weighted by molar-refractivity contribution is -0.123. The Morgan fingerprint density at radius 1 is 1.11 bits per heavy atom. The van der Waals surface area contributed by atoms with Crippen LogP contribution in [0.25, 0.3) is 0 Å². The van der Waals surface area contributed by atoms with Crippen molar-refractivity contribution in [3.05, 3.63) is 54.1 Å². The predicted molar refractivity (Wildman–Crippen MR) is 102 cm³/mol. The summed E-state index contributed by atoms with van der Waals surface area (Å²) in [6.45, 7) is 1.68. The first kappa shape index (κ1) is 20.7. The molecule has 0 radical (unpaired) electrons. The van der Waals surface area contributed by atoms with Crippen molar-refractivity contribution in [2.75, 3.05) is 27.8 Å². The summed E-state index contributed by atoms with van der Waals surface area (Å²) in [5.74, 6) is 0.815. The Hall–Kier alpha value is -2.58. The van der Waals surface area contributed by atoms with E-state index < -0.39 is 10.0 Å². The molecule has 7 nitrogen and oxygen atoms in total. The Labute approximate surface area is 160 Å². The molecule has 1 N–H and O–H groups in total. The SMILES string of the molecule is COc1ccccc1[C@@H](C)NC(=O)COc1ccc(S(=O)(=O)N(C)C)cc1. The van der Waals surface area contributed by atoms with Crippen LogP contribution in [0.5, 0.6) is 11.5 Å². The zero-order valence-electron chi connectivity index (χ0n) is 15.8. The molecule has 0 aliphatic carbocycles. The number of carbonyl (C=O) groups excluding carboxylic acids is 1. The minimum absolute atomic E-state index is 0.161. The summed E-state index contributed by atoms with van der Waals surface area (Å²) in [5, 5.41) is 2.85. The molecule has 0 saturated carbocycles. The standard InChI is InChI=1S/C19H24N2O5S/c1-14(17-7-5-6-8-18(17)25-4)20-19(22)13-26-15-9-11-16(12-10-15)27(23,24)21(2)3/h5-12,14H,13H2,1-4H3,(H,20,22)/t14-/m1/s1. The van der Waals surface area contributed by atoms with Crippen molar-refractivity contribution < 1.29 is 22.7 Å². The van der Waals surface area contributed by atoms with Gasteiger partial charge in [-0.05, 0) is 37.3 Å². The van der Waals surface area contributed by atoms with Crippen LogP contribution >= 0.6 is 0 Å². The first-order valence-corrected chi connectivity index (χ1v) is 9.77. The molecule has 0 heterocycles. The van der Waals surface area contributed by atoms with Crippen LogP contribution in [-0.2, 0) is 14.8 Å². The van der Waals surface area contributed by atoms with Gasteiger partial charge in [-0.15, -0.1) is 0 Å². The highest BCUT2D eigenvalue weighted by atomic mass is 32.2. The highest BCUT2D eigenvalue weighted by molar-refractivity contribution is 7.89. The van der Waals surface area contributed by atoms with Crippen LogP contribution in [0.2, 0.25) is 0 Å². The topological polar surface area (TPSA) is 84.9 Å². The molecule has 2 aromatic rings. The number of amides is 1. The predicted octanol–water partition coefficient (Wildman–Crippen LogP) is 2.20. The Morgan fingerprint density at radius 3 is 2.33 bits per heavy atom. The summed E-state index contributed by atoms with van der Waals surface area (Å²) >= 11 is 0. The molecule has 146 valence electrons. The highest BCUT2D eigenvalue weighted by Crippen LogP contribution is 2.24. The molecule has 8 heteroatoms. The van der Waals surface area contributed by atoms with Crippen LogP contribution < -0.4 is 14.8 Å². The van der Waals surface area contributed by atoms with Gasteiger partial charge < -0.3 is 14.8 Å². The van der Waals surface area contributed by atoms with Gasteiger partial charge in [0.1, 0.15) is 11.5 Å². The minimum Gasteiger partial charge on any atom is -0.496 e. The summed E-state index contributed by atoms with van der Waals surface area (Å²) in [7, 11) is 1.02. The molecule has 1 amide bonds. The first-order chi connectivity index (χ1) is 12.8. The monoisotopic (exact) mass is 392 g/mol. The van der Waals surface area contributed by atoms with E-state index in [0.29, 0.717) is 11.5 Å². The third kappa shape index (κ3) is 5.21. The van der Waals surface area contributed by atoms with Crippen molar-refractivity contribution in [1.29, 1.82) is 0 Å². The average Bonchev–Trinajstić information content (AvgIpc) is 2.66. The maximum absolute atomic E-state index is 12.1. The van der Waals surface area contributed by atoms with Crippen molar-refractivity contribution >= 4 is 15.9 Å². The number of hydrogen-bond acceptors (Lipinski definition) is 5. The lowest BCUT2D eigenvalue weighted by atomic mass is 10.1. The molecule has 0 saturated heterocycles. The summed E-state index contributed by atoms with van der Waals surface area (Å²) in [6.07, 6.45) is 0. The van der Waals surface area contributed by atoms with Gasteiger partial charge in [-0.1, -0.05) is 18.2 Å². The molecular formula is C19H24N2O5S. The van der Waals surface area contributed by atoms with Crippen molar-refractivity contribution in [3.8, 4) is 11.5 Å². The van der Waals surface area contributed by atoms with Crippen molar-refractivity contribution in [3.63, 3.8) is 0 Å². The molecule has 2 rings (SSSR count). The second kappa shape index (κ2) is 8.88. The van der Waals surface area contributed by atoms with E-state index in [2.05, 4.69) is 5.32 Å². The van der Waals surface area contributed by atoms with E-state index in [0.717, 1.165) is 9.87 Å². The van der Waals surface area contributed by atoms with E-state index in [-0.39, 0.29) is 23.5 Å². The van der Waals surface area contributed by atoms with Gasteiger partial charge in [0, 0.05) is 19.7 Å². The van der Waals surface area contributed by atoms with Gasteiger partial charge in [-0.25, -0.2) is 12.7 Å². The summed E-state index contributed by atoms with van der Waals surface area (Å²) < 4.78 is 35.9. The van der Waals surface area contributed by atoms with E-state index in [1.807, 2.05) is 31.2 Å². The van der Waals surface area contributed by atoms with Gasteiger partial charge in [0.05, 0.1) is 18.0 Å². The number of ether oxygens (including phenoxy) is 2. The zero-order valence-corrected chi connectivity index (χ0v) is 16.6. The Balaban J connectivity index is 1.94. The maximum Gasteiger partial charge on any atom is 0.258 e. The number of nitrogens with one attached hydrogen (secondary N) is 1. The highest BCUT2D eigenvalue weighted by Gasteiger charge is 2.17.